The third-order valence-electron chi connectivity index (χ3n) is 5.13. The zero-order chi connectivity index (χ0) is 22.5. The summed E-state index contributed by atoms with van der Waals surface area (Å²) < 4.78 is 15.8. The maximum Gasteiger partial charge on any atom is 0.341 e. The van der Waals surface area contributed by atoms with E-state index in [1.54, 1.807) is 19.2 Å². The molecular weight excluding hydrogens is 450 g/mol. The van der Waals surface area contributed by atoms with Crippen molar-refractivity contribution >= 4 is 40.0 Å². The van der Waals surface area contributed by atoms with Crippen LogP contribution in [0.5, 0.6) is 5.75 Å². The normalized spacial score (nSPS) is 13.2. The molecule has 0 atom stereocenters. The summed E-state index contributed by atoms with van der Waals surface area (Å²) >= 11 is 2.61. The van der Waals surface area contributed by atoms with E-state index in [0.717, 1.165) is 65.6 Å². The molecule has 2 heterocycles. The summed E-state index contributed by atoms with van der Waals surface area (Å²) in [4.78, 5) is 26.2. The number of anilines is 1. The Balaban J connectivity index is 1.41. The molecule has 1 aliphatic rings. The number of fused-ring (bicyclic) bond motifs is 1. The summed E-state index contributed by atoms with van der Waals surface area (Å²) in [6.45, 7) is 0. The first-order chi connectivity index (χ1) is 15.6. The molecule has 32 heavy (non-hydrogen) atoms. The Morgan fingerprint density at radius 3 is 2.66 bits per heavy atom. The molecule has 8 nitrogen and oxygen atoms in total. The van der Waals surface area contributed by atoms with Gasteiger partial charge in [-0.2, -0.15) is 0 Å². The Hall–Kier alpha value is -2.85. The minimum absolute atomic E-state index is 0.0768. The second-order valence-corrected chi connectivity index (χ2v) is 9.23. The van der Waals surface area contributed by atoms with Gasteiger partial charge in [0.25, 0.3) is 5.22 Å². The summed E-state index contributed by atoms with van der Waals surface area (Å²) in [7, 11) is 2.96. The van der Waals surface area contributed by atoms with Crippen molar-refractivity contribution < 1.29 is 23.5 Å². The second-order valence-electron chi connectivity index (χ2n) is 7.20. The SMILES string of the molecule is COC(=O)c1c(NC(=O)CSc2nnc(-c3ccc(OC)cc3)o2)sc2c1CCCCC2. The van der Waals surface area contributed by atoms with Crippen molar-refractivity contribution in [2.75, 3.05) is 25.3 Å². The van der Waals surface area contributed by atoms with E-state index >= 15 is 0 Å². The number of benzene rings is 1. The molecule has 1 amide bonds. The summed E-state index contributed by atoms with van der Waals surface area (Å²) in [5.41, 5.74) is 2.27. The van der Waals surface area contributed by atoms with E-state index in [2.05, 4.69) is 15.5 Å². The van der Waals surface area contributed by atoms with Crippen LogP contribution in [0.15, 0.2) is 33.9 Å². The van der Waals surface area contributed by atoms with Crippen LogP contribution < -0.4 is 10.1 Å². The molecule has 168 valence electrons. The first-order valence-electron chi connectivity index (χ1n) is 10.2. The zero-order valence-corrected chi connectivity index (χ0v) is 19.4. The monoisotopic (exact) mass is 473 g/mol. The first kappa shape index (κ1) is 22.3. The molecule has 0 fully saturated rings. The fourth-order valence-corrected chi connectivity index (χ4v) is 5.41. The third-order valence-corrected chi connectivity index (χ3v) is 7.16. The number of aryl methyl sites for hydroxylation is 1. The fourth-order valence-electron chi connectivity index (χ4n) is 3.56. The lowest BCUT2D eigenvalue weighted by molar-refractivity contribution is -0.113. The number of hydrogen-bond acceptors (Lipinski definition) is 9. The molecule has 3 aromatic rings. The molecule has 1 aliphatic carbocycles. The van der Waals surface area contributed by atoms with Gasteiger partial charge in [0.15, 0.2) is 0 Å². The number of ether oxygens (including phenoxy) is 2. The number of amides is 1. The molecule has 4 rings (SSSR count). The Morgan fingerprint density at radius 1 is 1.12 bits per heavy atom. The van der Waals surface area contributed by atoms with E-state index in [-0.39, 0.29) is 11.7 Å². The standard InChI is InChI=1S/C22H23N3O5S2/c1-28-14-10-8-13(9-11-14)19-24-25-22(30-19)31-12-17(26)23-20-18(21(27)29-2)15-6-4-3-5-7-16(15)32-20/h8-11H,3-7,12H2,1-2H3,(H,23,26). The number of aromatic nitrogens is 2. The van der Waals surface area contributed by atoms with Gasteiger partial charge < -0.3 is 19.2 Å². The van der Waals surface area contributed by atoms with Crippen molar-refractivity contribution in [3.8, 4) is 17.2 Å². The maximum atomic E-state index is 12.6. The largest absolute Gasteiger partial charge is 0.497 e. The minimum Gasteiger partial charge on any atom is -0.497 e. The molecule has 0 bridgehead atoms. The molecule has 10 heteroatoms. The van der Waals surface area contributed by atoms with Crippen molar-refractivity contribution in [1.29, 1.82) is 0 Å². The average Bonchev–Trinajstić information content (AvgIpc) is 3.35. The quantitative estimate of drug-likeness (QED) is 0.302. The van der Waals surface area contributed by atoms with Gasteiger partial charge in [-0.25, -0.2) is 4.79 Å². The Labute approximate surface area is 193 Å². The highest BCUT2D eigenvalue weighted by molar-refractivity contribution is 7.99. The summed E-state index contributed by atoms with van der Waals surface area (Å²) in [5.74, 6) is 0.518. The number of thioether (sulfide) groups is 1. The smallest absolute Gasteiger partial charge is 0.341 e. The molecule has 0 saturated carbocycles. The summed E-state index contributed by atoms with van der Waals surface area (Å²) in [5, 5.41) is 11.8. The molecule has 0 saturated heterocycles. The summed E-state index contributed by atoms with van der Waals surface area (Å²) in [6.07, 6.45) is 5.01. The number of thiophene rings is 1. The van der Waals surface area contributed by atoms with Crippen LogP contribution >= 0.6 is 23.1 Å². The zero-order valence-electron chi connectivity index (χ0n) is 17.8. The van der Waals surface area contributed by atoms with E-state index in [9.17, 15) is 9.59 Å². The Bertz CT molecular complexity index is 1110. The van der Waals surface area contributed by atoms with Gasteiger partial charge in [-0.05, 0) is 55.5 Å². The highest BCUT2D eigenvalue weighted by Gasteiger charge is 2.26. The number of rotatable bonds is 7. The number of esters is 1. The van der Waals surface area contributed by atoms with Crippen molar-refractivity contribution in [1.82, 2.24) is 10.2 Å². The predicted octanol–water partition coefficient (Wildman–Crippen LogP) is 4.59. The number of nitrogens with one attached hydrogen (secondary N) is 1. The van der Waals surface area contributed by atoms with E-state index in [4.69, 9.17) is 13.9 Å². The van der Waals surface area contributed by atoms with Crippen LogP contribution in [-0.4, -0.2) is 42.0 Å². The first-order valence-corrected chi connectivity index (χ1v) is 12.0. The second kappa shape index (κ2) is 10.2. The minimum atomic E-state index is -0.409. The number of methoxy groups -OCH3 is 2. The molecule has 0 aliphatic heterocycles. The maximum absolute atomic E-state index is 12.6. The lowest BCUT2D eigenvalue weighted by atomic mass is 10.1. The van der Waals surface area contributed by atoms with Gasteiger partial charge in [-0.1, -0.05) is 18.2 Å². The van der Waals surface area contributed by atoms with Crippen LogP contribution in [0.2, 0.25) is 0 Å². The molecule has 0 unspecified atom stereocenters. The van der Waals surface area contributed by atoms with Gasteiger partial charge >= 0.3 is 5.97 Å². The van der Waals surface area contributed by atoms with Crippen LogP contribution in [0.4, 0.5) is 5.00 Å². The highest BCUT2D eigenvalue weighted by Crippen LogP contribution is 2.38. The van der Waals surface area contributed by atoms with Crippen molar-refractivity contribution in [2.24, 2.45) is 0 Å². The van der Waals surface area contributed by atoms with Crippen LogP contribution in [0.25, 0.3) is 11.5 Å². The molecule has 2 aromatic heterocycles. The lowest BCUT2D eigenvalue weighted by Gasteiger charge is -2.07. The third kappa shape index (κ3) is 4.97. The molecule has 0 radical (unpaired) electrons. The fraction of sp³-hybridized carbons (Fsp3) is 0.364. The Kier molecular flexibility index (Phi) is 7.11. The van der Waals surface area contributed by atoms with E-state index < -0.39 is 5.97 Å². The van der Waals surface area contributed by atoms with Crippen LogP contribution in [0.3, 0.4) is 0 Å². The van der Waals surface area contributed by atoms with Crippen LogP contribution in [0, 0.1) is 0 Å². The lowest BCUT2D eigenvalue weighted by Crippen LogP contribution is -2.16. The molecular formula is C22H23N3O5S2. The number of carbonyl (C=O) groups is 2. The van der Waals surface area contributed by atoms with Crippen LogP contribution in [0.1, 0.15) is 40.1 Å². The van der Waals surface area contributed by atoms with Gasteiger partial charge in [0.05, 0.1) is 25.5 Å². The molecule has 1 aromatic carbocycles. The molecule has 1 N–H and O–H groups in total. The van der Waals surface area contributed by atoms with Crippen LogP contribution in [-0.2, 0) is 22.4 Å². The average molecular weight is 474 g/mol. The van der Waals surface area contributed by atoms with E-state index in [1.165, 1.54) is 18.4 Å². The van der Waals surface area contributed by atoms with Gasteiger partial charge in [0.1, 0.15) is 10.8 Å². The van der Waals surface area contributed by atoms with Crippen molar-refractivity contribution in [3.05, 3.63) is 40.3 Å². The van der Waals surface area contributed by atoms with E-state index in [0.29, 0.717) is 21.7 Å². The van der Waals surface area contributed by atoms with E-state index in [1.807, 2.05) is 12.1 Å². The summed E-state index contributed by atoms with van der Waals surface area (Å²) in [6, 6.07) is 7.26. The predicted molar refractivity (Wildman–Crippen MR) is 123 cm³/mol. The van der Waals surface area contributed by atoms with Gasteiger partial charge in [0.2, 0.25) is 11.8 Å². The van der Waals surface area contributed by atoms with Gasteiger partial charge in [-0.3, -0.25) is 4.79 Å². The van der Waals surface area contributed by atoms with Gasteiger partial charge in [-0.15, -0.1) is 21.5 Å². The number of hydrogen-bond donors (Lipinski definition) is 1. The topological polar surface area (TPSA) is 104 Å². The van der Waals surface area contributed by atoms with Crippen molar-refractivity contribution in [3.63, 3.8) is 0 Å². The highest BCUT2D eigenvalue weighted by atomic mass is 32.2. The number of nitrogens with zero attached hydrogens (tertiary/aromatic N) is 2. The van der Waals surface area contributed by atoms with Gasteiger partial charge in [0, 0.05) is 10.4 Å². The Morgan fingerprint density at radius 2 is 1.91 bits per heavy atom. The molecule has 0 spiro atoms. The number of carbonyl (C=O) groups excluding carboxylic acids is 2. The van der Waals surface area contributed by atoms with Crippen molar-refractivity contribution in [2.45, 2.75) is 37.3 Å².